The first-order valence-electron chi connectivity index (χ1n) is 3.96. The smallest absolute Gasteiger partial charge is 0.183 e. The van der Waals surface area contributed by atoms with E-state index < -0.39 is 0 Å². The summed E-state index contributed by atoms with van der Waals surface area (Å²) < 4.78 is 0. The zero-order valence-corrected chi connectivity index (χ0v) is 7.63. The minimum absolute atomic E-state index is 0.0662. The molecule has 0 fully saturated rings. The molecule has 0 saturated heterocycles. The van der Waals surface area contributed by atoms with Gasteiger partial charge in [0.2, 0.25) is 0 Å². The van der Waals surface area contributed by atoms with Crippen molar-refractivity contribution < 1.29 is 4.79 Å². The molecule has 4 N–H and O–H groups in total. The minimum Gasteiger partial charge on any atom is -0.397 e. The van der Waals surface area contributed by atoms with Crippen molar-refractivity contribution in [3.8, 4) is 0 Å². The Morgan fingerprint density at radius 3 is 2.42 bits per heavy atom. The average molecular weight is 168 g/mol. The summed E-state index contributed by atoms with van der Waals surface area (Å²) >= 11 is 0. The maximum absolute atomic E-state index is 11.4. The molecule has 3 nitrogen and oxygen atoms in total. The summed E-state index contributed by atoms with van der Waals surface area (Å²) in [6.45, 7) is 7.19. The summed E-state index contributed by atoms with van der Waals surface area (Å²) in [5.74, 6) is -0.168. The average Bonchev–Trinajstić information content (AvgIpc) is 2.12. The van der Waals surface area contributed by atoms with E-state index in [-0.39, 0.29) is 23.1 Å². The van der Waals surface area contributed by atoms with Crippen LogP contribution in [-0.4, -0.2) is 5.78 Å². The number of Topliss-reactive ketones (excluding diaryl/α,β-unsaturated/α-hetero) is 1. The number of ketones is 1. The molecule has 0 aliphatic rings. The maximum Gasteiger partial charge on any atom is 0.183 e. The molecule has 0 radical (unpaired) electrons. The van der Waals surface area contributed by atoms with Crippen LogP contribution in [0.3, 0.4) is 0 Å². The van der Waals surface area contributed by atoms with Gasteiger partial charge in [-0.2, -0.15) is 0 Å². The molecule has 0 saturated carbocycles. The molecule has 0 aliphatic carbocycles. The molecule has 0 rings (SSSR count). The van der Waals surface area contributed by atoms with E-state index in [1.54, 1.807) is 0 Å². The lowest BCUT2D eigenvalue weighted by Gasteiger charge is -2.08. The summed E-state index contributed by atoms with van der Waals surface area (Å²) in [4.78, 5) is 11.4. The van der Waals surface area contributed by atoms with Gasteiger partial charge in [0, 0.05) is 5.92 Å². The highest BCUT2D eigenvalue weighted by Gasteiger charge is 2.14. The molecule has 1 unspecified atom stereocenters. The van der Waals surface area contributed by atoms with E-state index in [9.17, 15) is 4.79 Å². The predicted molar refractivity (Wildman–Crippen MR) is 50.1 cm³/mol. The zero-order valence-electron chi connectivity index (χ0n) is 7.63. The normalized spacial score (nSPS) is 14.8. The van der Waals surface area contributed by atoms with Crippen LogP contribution in [0.5, 0.6) is 0 Å². The van der Waals surface area contributed by atoms with E-state index in [0.29, 0.717) is 0 Å². The van der Waals surface area contributed by atoms with Gasteiger partial charge in [0.1, 0.15) is 0 Å². The largest absolute Gasteiger partial charge is 0.397 e. The van der Waals surface area contributed by atoms with E-state index in [1.807, 2.05) is 13.8 Å². The van der Waals surface area contributed by atoms with Crippen LogP contribution in [-0.2, 0) is 4.79 Å². The molecule has 0 aromatic rings. The predicted octanol–water partition coefficient (Wildman–Crippen LogP) is 0.917. The van der Waals surface area contributed by atoms with Crippen LogP contribution < -0.4 is 11.5 Å². The van der Waals surface area contributed by atoms with E-state index >= 15 is 0 Å². The first kappa shape index (κ1) is 10.8. The second kappa shape index (κ2) is 4.59. The van der Waals surface area contributed by atoms with Gasteiger partial charge in [0.15, 0.2) is 5.78 Å². The molecular weight excluding hydrogens is 152 g/mol. The summed E-state index contributed by atoms with van der Waals surface area (Å²) in [6.07, 6.45) is 2.15. The molecule has 0 aromatic heterocycles. The number of carbonyl (C=O) groups is 1. The first-order chi connectivity index (χ1) is 5.54. The van der Waals surface area contributed by atoms with Crippen molar-refractivity contribution >= 4 is 5.78 Å². The number of carbonyl (C=O) groups excluding carboxylic acids is 1. The van der Waals surface area contributed by atoms with Crippen LogP contribution in [0.25, 0.3) is 0 Å². The highest BCUT2D eigenvalue weighted by Crippen LogP contribution is 2.07. The lowest BCUT2D eigenvalue weighted by Crippen LogP contribution is -2.22. The molecule has 0 bridgehead atoms. The van der Waals surface area contributed by atoms with Gasteiger partial charge in [-0.25, -0.2) is 0 Å². The van der Waals surface area contributed by atoms with Gasteiger partial charge < -0.3 is 11.5 Å². The van der Waals surface area contributed by atoms with Crippen molar-refractivity contribution in [2.45, 2.75) is 20.3 Å². The molecule has 0 aromatic carbocycles. The Hall–Kier alpha value is -1.25. The van der Waals surface area contributed by atoms with Crippen LogP contribution in [0.1, 0.15) is 20.3 Å². The highest BCUT2D eigenvalue weighted by atomic mass is 16.1. The Kier molecular flexibility index (Phi) is 4.11. The third kappa shape index (κ3) is 2.42. The third-order valence-corrected chi connectivity index (χ3v) is 1.86. The number of allylic oxidation sites excluding steroid dienone is 2. The molecule has 12 heavy (non-hydrogen) atoms. The van der Waals surface area contributed by atoms with E-state index in [4.69, 9.17) is 11.5 Å². The second-order valence-electron chi connectivity index (χ2n) is 2.75. The lowest BCUT2D eigenvalue weighted by atomic mass is 10.0. The van der Waals surface area contributed by atoms with Gasteiger partial charge in [0.05, 0.1) is 11.4 Å². The van der Waals surface area contributed by atoms with Crippen LogP contribution in [0.15, 0.2) is 24.0 Å². The number of rotatable bonds is 4. The Balaban J connectivity index is 4.59. The molecule has 68 valence electrons. The van der Waals surface area contributed by atoms with Crippen LogP contribution in [0.2, 0.25) is 0 Å². The molecule has 3 heteroatoms. The summed E-state index contributed by atoms with van der Waals surface area (Å²) in [5.41, 5.74) is 11.3. The van der Waals surface area contributed by atoms with Gasteiger partial charge in [-0.15, -0.1) is 0 Å². The van der Waals surface area contributed by atoms with Gasteiger partial charge >= 0.3 is 0 Å². The Morgan fingerprint density at radius 1 is 1.58 bits per heavy atom. The van der Waals surface area contributed by atoms with Crippen LogP contribution >= 0.6 is 0 Å². The third-order valence-electron chi connectivity index (χ3n) is 1.86. The van der Waals surface area contributed by atoms with Crippen molar-refractivity contribution in [3.05, 3.63) is 24.0 Å². The fourth-order valence-corrected chi connectivity index (χ4v) is 0.703. The molecule has 0 spiro atoms. The maximum atomic E-state index is 11.4. The van der Waals surface area contributed by atoms with Crippen molar-refractivity contribution in [2.24, 2.45) is 17.4 Å². The van der Waals surface area contributed by atoms with Gasteiger partial charge in [-0.3, -0.25) is 4.79 Å². The molecular formula is C9H16N2O. The summed E-state index contributed by atoms with van der Waals surface area (Å²) in [6, 6.07) is 0. The van der Waals surface area contributed by atoms with Crippen molar-refractivity contribution in [1.82, 2.24) is 0 Å². The van der Waals surface area contributed by atoms with Gasteiger partial charge in [-0.1, -0.05) is 20.4 Å². The fourth-order valence-electron chi connectivity index (χ4n) is 0.703. The second-order valence-corrected chi connectivity index (χ2v) is 2.75. The Morgan fingerprint density at radius 2 is 2.08 bits per heavy atom. The number of nitrogens with two attached hydrogens (primary N) is 2. The minimum atomic E-state index is -0.102. The molecule has 0 heterocycles. The van der Waals surface area contributed by atoms with E-state index in [2.05, 4.69) is 6.58 Å². The standard InChI is InChI=1S/C9H16N2O/c1-4-6(3)9(12)8(11)7(10)5-2/h5-6H,2,4,10-11H2,1,3H3/b8-7-. The van der Waals surface area contributed by atoms with Crippen molar-refractivity contribution in [1.29, 1.82) is 0 Å². The van der Waals surface area contributed by atoms with Gasteiger partial charge in [-0.05, 0) is 12.5 Å². The Bertz CT molecular complexity index is 219. The van der Waals surface area contributed by atoms with E-state index in [1.165, 1.54) is 6.08 Å². The van der Waals surface area contributed by atoms with E-state index in [0.717, 1.165) is 6.42 Å². The van der Waals surface area contributed by atoms with Crippen LogP contribution in [0, 0.1) is 5.92 Å². The van der Waals surface area contributed by atoms with Gasteiger partial charge in [0.25, 0.3) is 0 Å². The number of hydrogen-bond donors (Lipinski definition) is 2. The molecule has 1 atom stereocenters. The SMILES string of the molecule is C=C/C(N)=C(/N)C(=O)C(C)CC. The molecule has 0 amide bonds. The molecule has 0 aliphatic heterocycles. The zero-order chi connectivity index (χ0) is 9.72. The van der Waals surface area contributed by atoms with Crippen molar-refractivity contribution in [2.75, 3.05) is 0 Å². The Labute approximate surface area is 73.1 Å². The summed E-state index contributed by atoms with van der Waals surface area (Å²) in [7, 11) is 0. The first-order valence-corrected chi connectivity index (χ1v) is 3.96. The summed E-state index contributed by atoms with van der Waals surface area (Å²) in [5, 5.41) is 0. The fraction of sp³-hybridized carbons (Fsp3) is 0.444. The van der Waals surface area contributed by atoms with Crippen molar-refractivity contribution in [3.63, 3.8) is 0 Å². The number of hydrogen-bond acceptors (Lipinski definition) is 3. The lowest BCUT2D eigenvalue weighted by molar-refractivity contribution is -0.118. The monoisotopic (exact) mass is 168 g/mol. The highest BCUT2D eigenvalue weighted by molar-refractivity contribution is 5.96. The quantitative estimate of drug-likeness (QED) is 0.484. The topological polar surface area (TPSA) is 69.1 Å². The van der Waals surface area contributed by atoms with Crippen LogP contribution in [0.4, 0.5) is 0 Å².